The number of rotatable bonds is 10. The molecule has 0 atom stereocenters. The van der Waals surface area contributed by atoms with E-state index in [9.17, 15) is 22.8 Å². The number of benzene rings is 2. The number of fused-ring (bicyclic) bond motifs is 1. The fourth-order valence-corrected chi connectivity index (χ4v) is 6.65. The summed E-state index contributed by atoms with van der Waals surface area (Å²) in [6, 6.07) is 17.1. The fraction of sp³-hybridized carbons (Fsp3) is 0.381. The van der Waals surface area contributed by atoms with E-state index < -0.39 is 29.1 Å². The second kappa shape index (κ2) is 18.2. The van der Waals surface area contributed by atoms with Crippen molar-refractivity contribution in [3.05, 3.63) is 108 Å². The molecule has 2 aromatic carbocycles. The Balaban J connectivity index is 0.000000251. The normalized spacial score (nSPS) is 13.4. The van der Waals surface area contributed by atoms with Gasteiger partial charge in [0, 0.05) is 49.9 Å². The van der Waals surface area contributed by atoms with Gasteiger partial charge in [0.05, 0.1) is 22.6 Å². The van der Waals surface area contributed by atoms with Crippen LogP contribution in [0.2, 0.25) is 0 Å². The van der Waals surface area contributed by atoms with Crippen molar-refractivity contribution in [1.82, 2.24) is 24.8 Å². The zero-order valence-electron chi connectivity index (χ0n) is 31.6. The zero-order chi connectivity index (χ0) is 38.8. The van der Waals surface area contributed by atoms with Crippen molar-refractivity contribution >= 4 is 28.7 Å². The maximum atomic E-state index is 14.5. The van der Waals surface area contributed by atoms with E-state index in [1.54, 1.807) is 29.1 Å². The molecule has 0 radical (unpaired) electrons. The molecule has 0 spiro atoms. The molecule has 2 N–H and O–H groups in total. The lowest BCUT2D eigenvalue weighted by Crippen LogP contribution is -2.37. The van der Waals surface area contributed by atoms with E-state index in [4.69, 9.17) is 4.74 Å². The van der Waals surface area contributed by atoms with Crippen LogP contribution >= 0.6 is 0 Å². The number of ether oxygens (including phenoxy) is 1. The fourth-order valence-electron chi connectivity index (χ4n) is 6.65. The molecular weight excluding hydrogens is 693 g/mol. The highest BCUT2D eigenvalue weighted by Gasteiger charge is 2.31. The van der Waals surface area contributed by atoms with Gasteiger partial charge in [-0.1, -0.05) is 19.9 Å². The summed E-state index contributed by atoms with van der Waals surface area (Å²) in [5.41, 5.74) is 3.64. The van der Waals surface area contributed by atoms with Gasteiger partial charge in [0.25, 0.3) is 0 Å². The van der Waals surface area contributed by atoms with Gasteiger partial charge < -0.3 is 19.5 Å². The predicted octanol–water partition coefficient (Wildman–Crippen LogP) is 9.54. The first-order chi connectivity index (χ1) is 25.9. The highest BCUT2D eigenvalue weighted by molar-refractivity contribution is 5.94. The predicted molar refractivity (Wildman–Crippen MR) is 206 cm³/mol. The van der Waals surface area contributed by atoms with Crippen molar-refractivity contribution in [2.24, 2.45) is 0 Å². The average molecular weight is 743 g/mol. The maximum absolute atomic E-state index is 14.5. The van der Waals surface area contributed by atoms with Crippen molar-refractivity contribution in [2.75, 3.05) is 25.0 Å². The van der Waals surface area contributed by atoms with Gasteiger partial charge in [-0.2, -0.15) is 0 Å². The molecule has 6 rings (SSSR count). The number of halogens is 3. The molecule has 1 saturated heterocycles. The van der Waals surface area contributed by atoms with Crippen LogP contribution in [0.25, 0.3) is 28.0 Å². The van der Waals surface area contributed by atoms with E-state index in [2.05, 4.69) is 27.5 Å². The van der Waals surface area contributed by atoms with Crippen LogP contribution in [0.3, 0.4) is 0 Å². The van der Waals surface area contributed by atoms with Crippen LogP contribution in [0.15, 0.2) is 79.1 Å². The Hall–Kier alpha value is -5.23. The van der Waals surface area contributed by atoms with Crippen LogP contribution in [0.4, 0.5) is 23.8 Å². The number of nitrogens with one attached hydrogen (secondary N) is 2. The van der Waals surface area contributed by atoms with E-state index in [1.165, 1.54) is 24.3 Å². The molecule has 54 heavy (non-hydrogen) atoms. The molecular formula is C42H49F3N6O3. The molecule has 2 amide bonds. The summed E-state index contributed by atoms with van der Waals surface area (Å²) in [7, 11) is 0. The van der Waals surface area contributed by atoms with Crippen molar-refractivity contribution in [3.8, 4) is 17.1 Å². The molecule has 3 aromatic heterocycles. The van der Waals surface area contributed by atoms with Crippen LogP contribution in [0.5, 0.6) is 0 Å². The largest absolute Gasteiger partial charge is 0.444 e. The lowest BCUT2D eigenvalue weighted by molar-refractivity contribution is -0.132. The number of nitrogens with zero attached hydrogens (tertiary/aromatic N) is 4. The number of piperidine rings is 1. The summed E-state index contributed by atoms with van der Waals surface area (Å²) in [5, 5.41) is 6.74. The van der Waals surface area contributed by atoms with Crippen LogP contribution in [-0.2, 0) is 16.1 Å². The Kier molecular flexibility index (Phi) is 13.5. The second-order valence-corrected chi connectivity index (χ2v) is 14.4. The van der Waals surface area contributed by atoms with E-state index >= 15 is 0 Å². The van der Waals surface area contributed by atoms with Gasteiger partial charge >= 0.3 is 6.09 Å². The summed E-state index contributed by atoms with van der Waals surface area (Å²) >= 11 is 0. The maximum Gasteiger partial charge on any atom is 0.413 e. The summed E-state index contributed by atoms with van der Waals surface area (Å²) in [4.78, 5) is 34.6. The monoisotopic (exact) mass is 742 g/mol. The van der Waals surface area contributed by atoms with Gasteiger partial charge in [0.1, 0.15) is 28.9 Å². The molecule has 4 heterocycles. The van der Waals surface area contributed by atoms with Gasteiger partial charge in [0.15, 0.2) is 0 Å². The summed E-state index contributed by atoms with van der Waals surface area (Å²) in [6.45, 7) is 12.6. The molecule has 0 aliphatic carbocycles. The number of hydrogen-bond acceptors (Lipinski definition) is 6. The minimum Gasteiger partial charge on any atom is -0.444 e. The molecule has 0 saturated carbocycles. The standard InChI is InChI=1S/C28H26F3N3O.C14H23N3O2/c1-2-5-26(35)33-12-9-18(10-13-33)27-23-8-7-19(29)17-25(23)34(22-15-20(30)14-21(31)16-22)28(27)24-6-3-4-11-32-24;1-5-7-15-10-11-6-8-16-12(9-11)17-13(18)19-14(2,3)4/h3-4,6-8,11,14-18H,2,5,9-10,12-13H2,1H3;6,8-9,15H,5,7,10H2,1-4H3,(H,16,17,18). The number of likely N-dealkylation sites (tertiary alicyclic amines) is 1. The topological polar surface area (TPSA) is 101 Å². The molecule has 286 valence electrons. The third kappa shape index (κ3) is 10.5. The lowest BCUT2D eigenvalue weighted by Gasteiger charge is -2.32. The van der Waals surface area contributed by atoms with Gasteiger partial charge in [0.2, 0.25) is 5.91 Å². The smallest absolute Gasteiger partial charge is 0.413 e. The Morgan fingerprint density at radius 1 is 0.870 bits per heavy atom. The highest BCUT2D eigenvalue weighted by Crippen LogP contribution is 2.43. The van der Waals surface area contributed by atoms with Crippen LogP contribution in [-0.4, -0.2) is 56.7 Å². The number of anilines is 1. The lowest BCUT2D eigenvalue weighted by atomic mass is 9.86. The van der Waals surface area contributed by atoms with Crippen LogP contribution < -0.4 is 10.6 Å². The minimum absolute atomic E-state index is 0.0744. The number of aromatic nitrogens is 3. The molecule has 1 fully saturated rings. The van der Waals surface area contributed by atoms with E-state index in [0.717, 1.165) is 61.4 Å². The van der Waals surface area contributed by atoms with Crippen molar-refractivity contribution in [2.45, 2.75) is 84.8 Å². The number of hydrogen-bond donors (Lipinski definition) is 2. The highest BCUT2D eigenvalue weighted by atomic mass is 19.1. The summed E-state index contributed by atoms with van der Waals surface area (Å²) < 4.78 is 49.9. The minimum atomic E-state index is -0.713. The Morgan fingerprint density at radius 3 is 2.26 bits per heavy atom. The first-order valence-corrected chi connectivity index (χ1v) is 18.5. The Labute approximate surface area is 315 Å². The van der Waals surface area contributed by atoms with Gasteiger partial charge in [-0.25, -0.2) is 22.9 Å². The third-order valence-corrected chi connectivity index (χ3v) is 8.91. The van der Waals surface area contributed by atoms with Crippen LogP contribution in [0.1, 0.15) is 83.8 Å². The van der Waals surface area contributed by atoms with Gasteiger partial charge in [-0.05, 0) is 125 Å². The van der Waals surface area contributed by atoms with Gasteiger partial charge in [-0.3, -0.25) is 15.1 Å². The zero-order valence-corrected chi connectivity index (χ0v) is 31.6. The molecule has 5 aromatic rings. The average Bonchev–Trinajstić information content (AvgIpc) is 3.46. The number of carbonyl (C=O) groups excluding carboxylic acids is 2. The molecule has 0 bridgehead atoms. The van der Waals surface area contributed by atoms with Crippen LogP contribution in [0, 0.1) is 17.5 Å². The van der Waals surface area contributed by atoms with Crippen molar-refractivity contribution in [1.29, 1.82) is 0 Å². The third-order valence-electron chi connectivity index (χ3n) is 8.91. The second-order valence-electron chi connectivity index (χ2n) is 14.4. The Bertz CT molecular complexity index is 2020. The molecule has 12 heteroatoms. The molecule has 1 aliphatic rings. The quantitative estimate of drug-likeness (QED) is 0.138. The number of pyridine rings is 2. The number of amides is 2. The Morgan fingerprint density at radius 2 is 1.61 bits per heavy atom. The van der Waals surface area contributed by atoms with Crippen molar-refractivity contribution < 1.29 is 27.5 Å². The van der Waals surface area contributed by atoms with E-state index in [1.807, 2.05) is 56.9 Å². The molecule has 0 unspecified atom stereocenters. The SMILES string of the molecule is CCCC(=O)N1CCC(c2c(-c3ccccn3)n(-c3cc(F)cc(F)c3)c3cc(F)ccc23)CC1.CCCNCc1ccnc(NC(=O)OC(C)(C)C)c1. The number of carbonyl (C=O) groups is 2. The summed E-state index contributed by atoms with van der Waals surface area (Å²) in [5.74, 6) is -1.12. The van der Waals surface area contributed by atoms with Gasteiger partial charge in [-0.15, -0.1) is 0 Å². The van der Waals surface area contributed by atoms with Crippen molar-refractivity contribution in [3.63, 3.8) is 0 Å². The molecule has 9 nitrogen and oxygen atoms in total. The van der Waals surface area contributed by atoms with E-state index in [0.29, 0.717) is 42.2 Å². The van der Waals surface area contributed by atoms with E-state index in [-0.39, 0.29) is 17.5 Å². The molecule has 1 aliphatic heterocycles. The summed E-state index contributed by atoms with van der Waals surface area (Å²) in [6.07, 6.45) is 6.77. The first kappa shape index (κ1) is 40.0. The first-order valence-electron chi connectivity index (χ1n) is 18.5.